The Morgan fingerprint density at radius 2 is 1.76 bits per heavy atom. The van der Waals surface area contributed by atoms with Crippen LogP contribution in [0.25, 0.3) is 0 Å². The Bertz CT molecular complexity index is 1690. The van der Waals surface area contributed by atoms with Crippen LogP contribution in [-0.4, -0.2) is 64.1 Å². The second-order valence-electron chi connectivity index (χ2n) is 12.9. The van der Waals surface area contributed by atoms with E-state index < -0.39 is 12.1 Å². The summed E-state index contributed by atoms with van der Waals surface area (Å²) < 4.78 is 17.5. The number of benzene rings is 2. The lowest BCUT2D eigenvalue weighted by molar-refractivity contribution is -0.149. The first kappa shape index (κ1) is 39.4. The second-order valence-corrected chi connectivity index (χ2v) is 14.8. The second kappa shape index (κ2) is 17.1. The summed E-state index contributed by atoms with van der Waals surface area (Å²) in [6.07, 6.45) is 0.615. The Labute approximate surface area is 301 Å². The minimum atomic E-state index is -1.03. The fourth-order valence-corrected chi connectivity index (χ4v) is 5.64. The Morgan fingerprint density at radius 3 is 2.33 bits per heavy atom. The predicted molar refractivity (Wildman–Crippen MR) is 189 cm³/mol. The molecule has 3 aromatic rings. The van der Waals surface area contributed by atoms with Gasteiger partial charge in [0.2, 0.25) is 6.10 Å². The van der Waals surface area contributed by atoms with Crippen molar-refractivity contribution < 1.29 is 28.6 Å². The Hall–Kier alpha value is -4.05. The summed E-state index contributed by atoms with van der Waals surface area (Å²) in [5.41, 5.74) is -0.0493. The van der Waals surface area contributed by atoms with Gasteiger partial charge in [-0.2, -0.15) is 9.94 Å². The summed E-state index contributed by atoms with van der Waals surface area (Å²) >= 11 is 12.6. The van der Waals surface area contributed by atoms with E-state index in [2.05, 4.69) is 10.1 Å². The molecule has 1 aromatic heterocycles. The van der Waals surface area contributed by atoms with Gasteiger partial charge in [0, 0.05) is 25.1 Å². The molecule has 49 heavy (non-hydrogen) atoms. The molecule has 1 aliphatic carbocycles. The normalized spacial score (nSPS) is 16.5. The molecule has 11 nitrogen and oxygen atoms in total. The van der Waals surface area contributed by atoms with Crippen molar-refractivity contribution in [3.63, 3.8) is 0 Å². The molecule has 1 amide bonds. The topological polar surface area (TPSA) is 137 Å². The average Bonchev–Trinajstić information content (AvgIpc) is 3.33. The van der Waals surface area contributed by atoms with Crippen LogP contribution in [0, 0.1) is 28.6 Å². The number of nitriles is 1. The molecule has 14 heteroatoms. The number of hydrogen-bond acceptors (Lipinski definition) is 10. The van der Waals surface area contributed by atoms with E-state index >= 15 is 0 Å². The highest BCUT2D eigenvalue weighted by Crippen LogP contribution is 2.60. The third kappa shape index (κ3) is 11.0. The van der Waals surface area contributed by atoms with Crippen LogP contribution in [-0.2, 0) is 24.5 Å². The fourth-order valence-electron chi connectivity index (χ4n) is 4.65. The number of carbonyl (C=O) groups is 3. The van der Waals surface area contributed by atoms with Gasteiger partial charge in [-0.1, -0.05) is 99.9 Å². The number of halogens is 2. The summed E-state index contributed by atoms with van der Waals surface area (Å²) in [5, 5.41) is 14.2. The van der Waals surface area contributed by atoms with Gasteiger partial charge in [0.15, 0.2) is 11.0 Å². The summed E-state index contributed by atoms with van der Waals surface area (Å²) in [6.45, 7) is 11.8. The summed E-state index contributed by atoms with van der Waals surface area (Å²) in [7, 11) is 3.28. The van der Waals surface area contributed by atoms with Gasteiger partial charge in [-0.05, 0) is 48.6 Å². The van der Waals surface area contributed by atoms with Crippen LogP contribution in [0.4, 0.5) is 4.79 Å². The monoisotopic (exact) mass is 729 g/mol. The number of thioether (sulfide) groups is 1. The number of carbonyl (C=O) groups excluding carboxylic acids is 3. The molecule has 0 bridgehead atoms. The molecule has 2 unspecified atom stereocenters. The number of rotatable bonds is 10. The molecule has 0 radical (unpaired) electrons. The predicted octanol–water partition coefficient (Wildman–Crippen LogP) is 7.94. The number of nitrogens with zero attached hydrogens (tertiary/aromatic N) is 5. The van der Waals surface area contributed by atoms with Crippen molar-refractivity contribution in [2.75, 3.05) is 26.5 Å². The van der Waals surface area contributed by atoms with Crippen LogP contribution in [0.5, 0.6) is 11.5 Å². The molecule has 0 aliphatic heterocycles. The quantitative estimate of drug-likeness (QED) is 0.149. The van der Waals surface area contributed by atoms with E-state index in [1.807, 2.05) is 71.0 Å². The molecular weight excluding hydrogens is 689 g/mol. The molecule has 1 fully saturated rings. The molecule has 0 spiro atoms. The molecule has 3 atom stereocenters. The summed E-state index contributed by atoms with van der Waals surface area (Å²) in [5.74, 6) is 0.602. The van der Waals surface area contributed by atoms with Crippen molar-refractivity contribution in [1.82, 2.24) is 19.7 Å². The minimum absolute atomic E-state index is 0.0941. The van der Waals surface area contributed by atoms with Crippen molar-refractivity contribution in [2.24, 2.45) is 17.3 Å². The minimum Gasteiger partial charge on any atom is -0.465 e. The van der Waals surface area contributed by atoms with Crippen LogP contribution in [0.15, 0.2) is 70.3 Å². The number of ether oxygens (including phenoxy) is 3. The smallest absolute Gasteiger partial charge is 0.346 e. The van der Waals surface area contributed by atoms with Crippen LogP contribution in [0.1, 0.15) is 59.0 Å². The van der Waals surface area contributed by atoms with E-state index in [1.165, 1.54) is 9.58 Å². The van der Waals surface area contributed by atoms with Gasteiger partial charge in [0.1, 0.15) is 22.1 Å². The zero-order valence-corrected chi connectivity index (χ0v) is 31.1. The SMILES string of the molecule is CC1(C)C(C=C(Cl)Cl)C1C(=O)O[C@H](C#N)c1cccc(Oc2ccccc2)c1.CCOC(=O)CSc1nc(C(C)(C)C)nn1C(=O)N(C)C. The number of esters is 2. The lowest BCUT2D eigenvalue weighted by Gasteiger charge is -2.13. The average molecular weight is 731 g/mol. The van der Waals surface area contributed by atoms with Crippen LogP contribution >= 0.6 is 35.0 Å². The van der Waals surface area contributed by atoms with Gasteiger partial charge in [-0.15, -0.1) is 5.10 Å². The van der Waals surface area contributed by atoms with Gasteiger partial charge in [-0.25, -0.2) is 9.78 Å². The van der Waals surface area contributed by atoms with Crippen LogP contribution < -0.4 is 4.74 Å². The highest BCUT2D eigenvalue weighted by molar-refractivity contribution is 7.99. The van der Waals surface area contributed by atoms with Gasteiger partial charge in [-0.3, -0.25) is 9.59 Å². The van der Waals surface area contributed by atoms with E-state index in [1.54, 1.807) is 51.4 Å². The molecule has 1 saturated carbocycles. The van der Waals surface area contributed by atoms with E-state index in [-0.39, 0.29) is 44.9 Å². The number of hydrogen-bond donors (Lipinski definition) is 0. The number of para-hydroxylation sites is 1. The number of aromatic nitrogens is 3. The Balaban J connectivity index is 0.000000278. The van der Waals surface area contributed by atoms with Crippen molar-refractivity contribution >= 4 is 52.9 Å². The number of amides is 1. The van der Waals surface area contributed by atoms with E-state index in [9.17, 15) is 19.6 Å². The Morgan fingerprint density at radius 1 is 1.10 bits per heavy atom. The number of allylic oxidation sites excluding steroid dienone is 1. The van der Waals surface area contributed by atoms with Gasteiger partial charge in [0.05, 0.1) is 18.3 Å². The zero-order chi connectivity index (χ0) is 36.5. The van der Waals surface area contributed by atoms with Crippen LogP contribution in [0.2, 0.25) is 0 Å². The Kier molecular flexibility index (Phi) is 13.7. The van der Waals surface area contributed by atoms with Crippen molar-refractivity contribution in [2.45, 2.75) is 58.2 Å². The molecule has 0 saturated heterocycles. The molecular formula is C35H41Cl2N5O6S. The van der Waals surface area contributed by atoms with E-state index in [0.717, 1.165) is 11.8 Å². The zero-order valence-electron chi connectivity index (χ0n) is 28.8. The molecule has 262 valence electrons. The molecule has 4 rings (SSSR count). The first-order chi connectivity index (χ1) is 23.0. The van der Waals surface area contributed by atoms with E-state index in [0.29, 0.717) is 34.7 Å². The molecule has 2 aromatic carbocycles. The largest absolute Gasteiger partial charge is 0.465 e. The maximum absolute atomic E-state index is 12.6. The van der Waals surface area contributed by atoms with Gasteiger partial charge >= 0.3 is 18.0 Å². The third-order valence-electron chi connectivity index (χ3n) is 7.40. The maximum Gasteiger partial charge on any atom is 0.346 e. The maximum atomic E-state index is 12.6. The highest BCUT2D eigenvalue weighted by Gasteiger charge is 2.62. The van der Waals surface area contributed by atoms with Crippen molar-refractivity contribution in [1.29, 1.82) is 5.26 Å². The first-order valence-electron chi connectivity index (χ1n) is 15.4. The molecule has 0 N–H and O–H groups in total. The highest BCUT2D eigenvalue weighted by atomic mass is 35.5. The van der Waals surface area contributed by atoms with Gasteiger partial charge in [0.25, 0.3) is 0 Å². The third-order valence-corrected chi connectivity index (χ3v) is 8.55. The molecule has 1 aliphatic rings. The standard InChI is InChI=1S/C22H19Cl2NO3.C13H22N4O3S/c1-22(2)17(12-19(23)24)20(22)21(26)28-18(13-25)14-7-6-10-16(11-14)27-15-8-4-3-5-9-15;1-7-20-9(18)8-21-11-14-10(13(2,3)4)15-17(11)12(19)16(5)6/h3-12,17-18,20H,1-2H3;7-8H2,1-6H3/t17?,18-,20?;/m1./s1. The van der Waals surface area contributed by atoms with Crippen molar-refractivity contribution in [3.8, 4) is 17.6 Å². The van der Waals surface area contributed by atoms with Crippen LogP contribution in [0.3, 0.4) is 0 Å². The van der Waals surface area contributed by atoms with Gasteiger partial charge < -0.3 is 19.1 Å². The molecule has 1 heterocycles. The lowest BCUT2D eigenvalue weighted by Crippen LogP contribution is -2.29. The summed E-state index contributed by atoms with van der Waals surface area (Å²) in [6, 6.07) is 18.0. The summed E-state index contributed by atoms with van der Waals surface area (Å²) in [4.78, 5) is 42.0. The van der Waals surface area contributed by atoms with Crippen molar-refractivity contribution in [3.05, 3.63) is 76.6 Å². The van der Waals surface area contributed by atoms with E-state index in [4.69, 9.17) is 37.4 Å². The first-order valence-corrected chi connectivity index (χ1v) is 17.2. The fraction of sp³-hybridized carbons (Fsp3) is 0.429. The lowest BCUT2D eigenvalue weighted by atomic mass is 9.96.